The van der Waals surface area contributed by atoms with E-state index >= 15 is 0 Å². The van der Waals surface area contributed by atoms with Gasteiger partial charge in [-0.3, -0.25) is 4.79 Å². The summed E-state index contributed by atoms with van der Waals surface area (Å²) >= 11 is 0. The third kappa shape index (κ3) is 31.5. The second-order valence-electron chi connectivity index (χ2n) is 11.6. The van der Waals surface area contributed by atoms with Crippen LogP contribution in [-0.4, -0.2) is 12.5 Å². The van der Waals surface area contributed by atoms with E-state index < -0.39 is 0 Å². The van der Waals surface area contributed by atoms with Gasteiger partial charge in [0.1, 0.15) is 0 Å². The van der Waals surface area contributed by atoms with Crippen LogP contribution in [0.1, 0.15) is 206 Å². The number of unbranched alkanes of at least 4 members (excludes halogenated alkanes) is 27. The molecule has 0 saturated carbocycles. The van der Waals surface area contributed by atoms with Crippen LogP contribution in [0.15, 0.2) is 0 Å². The van der Waals surface area contributed by atoms with Gasteiger partial charge >= 0.3 is 0 Å². The third-order valence-corrected chi connectivity index (χ3v) is 7.86. The summed E-state index contributed by atoms with van der Waals surface area (Å²) in [5.74, 6) is 0.270. The first-order valence-corrected chi connectivity index (χ1v) is 17.1. The van der Waals surface area contributed by atoms with Gasteiger partial charge in [0.15, 0.2) is 0 Å². The molecule has 0 saturated heterocycles. The number of hydrogen-bond donors (Lipinski definition) is 1. The Balaban J connectivity index is 3.10. The summed E-state index contributed by atoms with van der Waals surface area (Å²) in [5, 5.41) is 3.10. The van der Waals surface area contributed by atoms with Crippen molar-refractivity contribution in [1.82, 2.24) is 5.32 Å². The predicted molar refractivity (Wildman–Crippen MR) is 163 cm³/mol. The molecular formula is C34H69NO. The maximum atomic E-state index is 11.9. The van der Waals surface area contributed by atoms with Crippen molar-refractivity contribution in [2.24, 2.45) is 0 Å². The van der Waals surface area contributed by atoms with Crippen LogP contribution in [0.5, 0.6) is 0 Å². The number of carbonyl (C=O) groups is 1. The summed E-state index contributed by atoms with van der Waals surface area (Å²) in [5.41, 5.74) is 0. The Kier molecular flexibility index (Phi) is 32.0. The highest BCUT2D eigenvalue weighted by atomic mass is 16.1. The van der Waals surface area contributed by atoms with E-state index in [-0.39, 0.29) is 5.91 Å². The second kappa shape index (κ2) is 32.5. The van der Waals surface area contributed by atoms with Crippen LogP contribution in [-0.2, 0) is 4.79 Å². The maximum absolute atomic E-state index is 11.9. The molecule has 0 radical (unpaired) electrons. The van der Waals surface area contributed by atoms with Crippen LogP contribution in [0.25, 0.3) is 0 Å². The normalized spacial score (nSPS) is 11.3. The van der Waals surface area contributed by atoms with Crippen molar-refractivity contribution in [1.29, 1.82) is 0 Å². The van der Waals surface area contributed by atoms with Crippen molar-refractivity contribution < 1.29 is 4.79 Å². The Hall–Kier alpha value is -0.530. The predicted octanol–water partition coefficient (Wildman–Crippen LogP) is 11.8. The van der Waals surface area contributed by atoms with Crippen molar-refractivity contribution in [2.75, 3.05) is 6.54 Å². The van der Waals surface area contributed by atoms with Gasteiger partial charge in [0.25, 0.3) is 0 Å². The van der Waals surface area contributed by atoms with Crippen LogP contribution in [0.4, 0.5) is 0 Å². The Labute approximate surface area is 228 Å². The van der Waals surface area contributed by atoms with Crippen molar-refractivity contribution in [2.45, 2.75) is 206 Å². The first kappa shape index (κ1) is 35.5. The van der Waals surface area contributed by atoms with E-state index in [0.29, 0.717) is 0 Å². The number of nitrogens with one attached hydrogen (secondary N) is 1. The topological polar surface area (TPSA) is 29.1 Å². The minimum Gasteiger partial charge on any atom is -0.356 e. The third-order valence-electron chi connectivity index (χ3n) is 7.86. The quantitative estimate of drug-likeness (QED) is 0.0928. The summed E-state index contributed by atoms with van der Waals surface area (Å²) < 4.78 is 0. The molecular weight excluding hydrogens is 438 g/mol. The Morgan fingerprint density at radius 1 is 0.361 bits per heavy atom. The molecule has 36 heavy (non-hydrogen) atoms. The van der Waals surface area contributed by atoms with Crippen LogP contribution in [0.3, 0.4) is 0 Å². The number of carbonyl (C=O) groups excluding carboxylic acids is 1. The lowest BCUT2D eigenvalue weighted by molar-refractivity contribution is -0.121. The molecule has 0 aromatic heterocycles. The molecule has 216 valence electrons. The van der Waals surface area contributed by atoms with E-state index in [1.807, 2.05) is 0 Å². The van der Waals surface area contributed by atoms with Crippen molar-refractivity contribution >= 4 is 5.91 Å². The SMILES string of the molecule is CCCCCCCCCCCCCCCCCCCCCCCCCC(=O)NCCCCCCCC. The second-order valence-corrected chi connectivity index (χ2v) is 11.6. The van der Waals surface area contributed by atoms with E-state index in [1.165, 1.54) is 173 Å². The molecule has 0 aliphatic heterocycles. The molecule has 2 heteroatoms. The minimum atomic E-state index is 0.270. The van der Waals surface area contributed by atoms with Crippen LogP contribution < -0.4 is 5.32 Å². The molecule has 2 nitrogen and oxygen atoms in total. The van der Waals surface area contributed by atoms with Gasteiger partial charge < -0.3 is 5.32 Å². The molecule has 0 aromatic rings. The fourth-order valence-electron chi connectivity index (χ4n) is 5.29. The molecule has 0 aliphatic rings. The highest BCUT2D eigenvalue weighted by molar-refractivity contribution is 5.75. The van der Waals surface area contributed by atoms with Gasteiger partial charge in [-0.2, -0.15) is 0 Å². The van der Waals surface area contributed by atoms with Crippen molar-refractivity contribution in [3.05, 3.63) is 0 Å². The summed E-state index contributed by atoms with van der Waals surface area (Å²) in [6, 6.07) is 0. The minimum absolute atomic E-state index is 0.270. The zero-order valence-electron chi connectivity index (χ0n) is 25.3. The zero-order chi connectivity index (χ0) is 26.2. The van der Waals surface area contributed by atoms with Crippen LogP contribution in [0, 0.1) is 0 Å². The highest BCUT2D eigenvalue weighted by Crippen LogP contribution is 2.15. The first-order valence-electron chi connectivity index (χ1n) is 17.1. The monoisotopic (exact) mass is 508 g/mol. The summed E-state index contributed by atoms with van der Waals surface area (Å²) in [7, 11) is 0. The Bertz CT molecular complexity index is 408. The fraction of sp³-hybridized carbons (Fsp3) is 0.971. The largest absolute Gasteiger partial charge is 0.356 e. The standard InChI is InChI=1S/C34H69NO/c1-3-5-7-9-11-12-13-14-15-16-17-18-19-20-21-22-23-24-25-26-27-28-30-32-34(36)35-33-31-29-10-8-6-4-2/h3-33H2,1-2H3,(H,35,36). The lowest BCUT2D eigenvalue weighted by Crippen LogP contribution is -2.23. The molecule has 0 heterocycles. The average molecular weight is 508 g/mol. The molecule has 0 rings (SSSR count). The molecule has 0 unspecified atom stereocenters. The number of rotatable bonds is 31. The van der Waals surface area contributed by atoms with Crippen LogP contribution in [0.2, 0.25) is 0 Å². The van der Waals surface area contributed by atoms with Gasteiger partial charge in [0.2, 0.25) is 5.91 Å². The Morgan fingerprint density at radius 3 is 0.917 bits per heavy atom. The zero-order valence-corrected chi connectivity index (χ0v) is 25.3. The molecule has 0 aromatic carbocycles. The molecule has 1 amide bonds. The number of amides is 1. The van der Waals surface area contributed by atoms with Crippen molar-refractivity contribution in [3.8, 4) is 0 Å². The summed E-state index contributed by atoms with van der Waals surface area (Å²) in [6.07, 6.45) is 41.0. The molecule has 0 atom stereocenters. The summed E-state index contributed by atoms with van der Waals surface area (Å²) in [4.78, 5) is 11.9. The highest BCUT2D eigenvalue weighted by Gasteiger charge is 2.01. The summed E-state index contributed by atoms with van der Waals surface area (Å²) in [6.45, 7) is 5.43. The smallest absolute Gasteiger partial charge is 0.219 e. The van der Waals surface area contributed by atoms with E-state index in [4.69, 9.17) is 0 Å². The lowest BCUT2D eigenvalue weighted by Gasteiger charge is -2.06. The number of hydrogen-bond acceptors (Lipinski definition) is 1. The maximum Gasteiger partial charge on any atom is 0.219 e. The molecule has 0 fully saturated rings. The first-order chi connectivity index (χ1) is 17.8. The van der Waals surface area contributed by atoms with E-state index in [1.54, 1.807) is 0 Å². The van der Waals surface area contributed by atoms with E-state index in [9.17, 15) is 4.79 Å². The van der Waals surface area contributed by atoms with E-state index in [0.717, 1.165) is 25.8 Å². The fourth-order valence-corrected chi connectivity index (χ4v) is 5.29. The van der Waals surface area contributed by atoms with Gasteiger partial charge in [-0.25, -0.2) is 0 Å². The van der Waals surface area contributed by atoms with Gasteiger partial charge in [0, 0.05) is 13.0 Å². The lowest BCUT2D eigenvalue weighted by atomic mass is 10.0. The van der Waals surface area contributed by atoms with Gasteiger partial charge in [-0.05, 0) is 12.8 Å². The molecule has 0 spiro atoms. The molecule has 0 aliphatic carbocycles. The average Bonchev–Trinajstić information content (AvgIpc) is 2.88. The molecule has 1 N–H and O–H groups in total. The van der Waals surface area contributed by atoms with E-state index in [2.05, 4.69) is 19.2 Å². The van der Waals surface area contributed by atoms with Crippen molar-refractivity contribution in [3.63, 3.8) is 0 Å². The Morgan fingerprint density at radius 2 is 0.611 bits per heavy atom. The van der Waals surface area contributed by atoms with Gasteiger partial charge in [-0.1, -0.05) is 187 Å². The van der Waals surface area contributed by atoms with Gasteiger partial charge in [-0.15, -0.1) is 0 Å². The molecule has 0 bridgehead atoms. The van der Waals surface area contributed by atoms with Crippen LogP contribution >= 0.6 is 0 Å². The van der Waals surface area contributed by atoms with Gasteiger partial charge in [0.05, 0.1) is 0 Å².